The Bertz CT molecular complexity index is 890. The molecule has 0 saturated carbocycles. The van der Waals surface area contributed by atoms with Crippen molar-refractivity contribution in [2.75, 3.05) is 23.9 Å². The van der Waals surface area contributed by atoms with E-state index in [0.717, 1.165) is 43.4 Å². The number of hydrogen-bond donors (Lipinski definition) is 1. The first-order chi connectivity index (χ1) is 13.1. The maximum atomic E-state index is 12.8. The van der Waals surface area contributed by atoms with Crippen molar-refractivity contribution in [1.82, 2.24) is 0 Å². The molecule has 1 aromatic carbocycles. The molecule has 6 heteroatoms. The Morgan fingerprint density at radius 3 is 2.85 bits per heavy atom. The van der Waals surface area contributed by atoms with Gasteiger partial charge in [-0.2, -0.15) is 0 Å². The largest absolute Gasteiger partial charge is 0.465 e. The number of anilines is 2. The normalized spacial score (nSPS) is 18.0. The van der Waals surface area contributed by atoms with Gasteiger partial charge in [-0.25, -0.2) is 4.79 Å². The van der Waals surface area contributed by atoms with E-state index in [9.17, 15) is 9.59 Å². The maximum Gasteiger partial charge on any atom is 0.341 e. The van der Waals surface area contributed by atoms with Gasteiger partial charge < -0.3 is 15.0 Å². The Morgan fingerprint density at radius 1 is 1.26 bits per heavy atom. The molecule has 1 aliphatic carbocycles. The molecular formula is C21H24N2O3S. The van der Waals surface area contributed by atoms with Crippen LogP contribution in [0, 0.1) is 0 Å². The van der Waals surface area contributed by atoms with Gasteiger partial charge in [-0.3, -0.25) is 4.79 Å². The number of carbonyl (C=O) groups excluding carboxylic acids is 2. The molecule has 27 heavy (non-hydrogen) atoms. The SMILES string of the molecule is COC(=O)c1c(NC(=O)CN2c3ccccc3CC2C)sc2c1CCCC2. The van der Waals surface area contributed by atoms with Crippen molar-refractivity contribution in [3.05, 3.63) is 45.8 Å². The van der Waals surface area contributed by atoms with Crippen molar-refractivity contribution in [3.63, 3.8) is 0 Å². The van der Waals surface area contributed by atoms with E-state index in [1.165, 1.54) is 28.9 Å². The van der Waals surface area contributed by atoms with Crippen molar-refractivity contribution in [2.45, 2.75) is 45.1 Å². The quantitative estimate of drug-likeness (QED) is 0.815. The highest BCUT2D eigenvalue weighted by Crippen LogP contribution is 2.39. The topological polar surface area (TPSA) is 58.6 Å². The standard InChI is InChI=1S/C21H24N2O3S/c1-13-11-14-7-3-5-9-16(14)23(13)12-18(24)22-20-19(21(25)26-2)15-8-4-6-10-17(15)27-20/h3,5,7,9,13H,4,6,8,10-12H2,1-2H3,(H,22,24). The van der Waals surface area contributed by atoms with Crippen LogP contribution < -0.4 is 10.2 Å². The summed E-state index contributed by atoms with van der Waals surface area (Å²) in [5.41, 5.74) is 4.02. The van der Waals surface area contributed by atoms with Gasteiger partial charge in [0.25, 0.3) is 0 Å². The van der Waals surface area contributed by atoms with Crippen LogP contribution in [-0.4, -0.2) is 31.6 Å². The molecule has 2 aromatic rings. The van der Waals surface area contributed by atoms with Crippen LogP contribution >= 0.6 is 11.3 Å². The third-order valence-corrected chi connectivity index (χ3v) is 6.68. The third kappa shape index (κ3) is 3.34. The number of nitrogens with zero attached hydrogens (tertiary/aromatic N) is 1. The summed E-state index contributed by atoms with van der Waals surface area (Å²) in [5.74, 6) is -0.452. The summed E-state index contributed by atoms with van der Waals surface area (Å²) in [6, 6.07) is 8.51. The summed E-state index contributed by atoms with van der Waals surface area (Å²) in [4.78, 5) is 28.5. The van der Waals surface area contributed by atoms with Crippen LogP contribution in [-0.2, 0) is 28.8 Å². The van der Waals surface area contributed by atoms with Crippen LogP contribution in [0.2, 0.25) is 0 Å². The number of thiophene rings is 1. The fourth-order valence-electron chi connectivity index (χ4n) is 4.16. The zero-order chi connectivity index (χ0) is 19.0. The molecule has 2 heterocycles. The molecule has 1 aromatic heterocycles. The lowest BCUT2D eigenvalue weighted by atomic mass is 9.95. The lowest BCUT2D eigenvalue weighted by Gasteiger charge is -2.24. The zero-order valence-corrected chi connectivity index (χ0v) is 16.5. The lowest BCUT2D eigenvalue weighted by Crippen LogP contribution is -2.37. The molecule has 142 valence electrons. The van der Waals surface area contributed by atoms with Crippen LogP contribution in [0.15, 0.2) is 24.3 Å². The molecule has 0 spiro atoms. The molecule has 1 atom stereocenters. The minimum absolute atomic E-state index is 0.0951. The molecule has 1 aliphatic heterocycles. The first kappa shape index (κ1) is 18.0. The number of para-hydroxylation sites is 1. The summed E-state index contributed by atoms with van der Waals surface area (Å²) >= 11 is 1.53. The Morgan fingerprint density at radius 2 is 2.04 bits per heavy atom. The zero-order valence-electron chi connectivity index (χ0n) is 15.7. The molecule has 0 bridgehead atoms. The fourth-order valence-corrected chi connectivity index (χ4v) is 5.46. The van der Waals surface area contributed by atoms with E-state index in [-0.39, 0.29) is 24.5 Å². The number of amides is 1. The molecule has 2 aliphatic rings. The van der Waals surface area contributed by atoms with E-state index >= 15 is 0 Å². The number of fused-ring (bicyclic) bond motifs is 2. The van der Waals surface area contributed by atoms with Gasteiger partial charge in [0.15, 0.2) is 0 Å². The number of ether oxygens (including phenoxy) is 1. The summed E-state index contributed by atoms with van der Waals surface area (Å²) in [6.45, 7) is 2.42. The highest BCUT2D eigenvalue weighted by Gasteiger charge is 2.30. The fraction of sp³-hybridized carbons (Fsp3) is 0.429. The second kappa shape index (κ2) is 7.35. The van der Waals surface area contributed by atoms with Gasteiger partial charge in [0.1, 0.15) is 5.00 Å². The number of carbonyl (C=O) groups is 2. The van der Waals surface area contributed by atoms with Gasteiger partial charge in [0.2, 0.25) is 5.91 Å². The van der Waals surface area contributed by atoms with Crippen LogP contribution in [0.3, 0.4) is 0 Å². The van der Waals surface area contributed by atoms with Gasteiger partial charge >= 0.3 is 5.97 Å². The van der Waals surface area contributed by atoms with Crippen LogP contribution in [0.1, 0.15) is 46.1 Å². The number of esters is 1. The lowest BCUT2D eigenvalue weighted by molar-refractivity contribution is -0.115. The number of rotatable bonds is 4. The van der Waals surface area contributed by atoms with E-state index in [1.807, 2.05) is 12.1 Å². The van der Waals surface area contributed by atoms with E-state index in [0.29, 0.717) is 10.6 Å². The number of benzene rings is 1. The number of methoxy groups -OCH3 is 1. The predicted molar refractivity (Wildman–Crippen MR) is 108 cm³/mol. The van der Waals surface area contributed by atoms with E-state index in [2.05, 4.69) is 29.3 Å². The first-order valence-electron chi connectivity index (χ1n) is 9.45. The summed E-state index contributed by atoms with van der Waals surface area (Å²) in [5, 5.41) is 3.64. The predicted octanol–water partition coefficient (Wildman–Crippen LogP) is 3.80. The van der Waals surface area contributed by atoms with Crippen LogP contribution in [0.5, 0.6) is 0 Å². The Hall–Kier alpha value is -2.34. The number of aryl methyl sites for hydroxylation is 1. The van der Waals surface area contributed by atoms with Crippen molar-refractivity contribution in [1.29, 1.82) is 0 Å². The summed E-state index contributed by atoms with van der Waals surface area (Å²) in [7, 11) is 1.39. The summed E-state index contributed by atoms with van der Waals surface area (Å²) < 4.78 is 4.99. The Balaban J connectivity index is 1.55. The highest BCUT2D eigenvalue weighted by atomic mass is 32.1. The second-order valence-corrected chi connectivity index (χ2v) is 8.37. The van der Waals surface area contributed by atoms with Gasteiger partial charge in [-0.05, 0) is 56.2 Å². The van der Waals surface area contributed by atoms with Crippen molar-refractivity contribution >= 4 is 33.9 Å². The van der Waals surface area contributed by atoms with E-state index < -0.39 is 0 Å². The minimum atomic E-state index is -0.357. The van der Waals surface area contributed by atoms with Crippen molar-refractivity contribution in [3.8, 4) is 0 Å². The molecule has 1 N–H and O–H groups in total. The molecular weight excluding hydrogens is 360 g/mol. The van der Waals surface area contributed by atoms with Gasteiger partial charge in [-0.15, -0.1) is 11.3 Å². The highest BCUT2D eigenvalue weighted by molar-refractivity contribution is 7.17. The third-order valence-electron chi connectivity index (χ3n) is 5.48. The molecule has 4 rings (SSSR count). The van der Waals surface area contributed by atoms with Gasteiger partial charge in [0, 0.05) is 16.6 Å². The Labute approximate surface area is 163 Å². The van der Waals surface area contributed by atoms with Gasteiger partial charge in [0.05, 0.1) is 19.2 Å². The van der Waals surface area contributed by atoms with Crippen molar-refractivity contribution in [2.24, 2.45) is 0 Å². The van der Waals surface area contributed by atoms with Crippen LogP contribution in [0.25, 0.3) is 0 Å². The smallest absolute Gasteiger partial charge is 0.341 e. The number of hydrogen-bond acceptors (Lipinski definition) is 5. The van der Waals surface area contributed by atoms with E-state index in [4.69, 9.17) is 4.74 Å². The molecule has 1 amide bonds. The second-order valence-electron chi connectivity index (χ2n) is 7.26. The monoisotopic (exact) mass is 384 g/mol. The number of nitrogens with one attached hydrogen (secondary N) is 1. The molecule has 0 radical (unpaired) electrons. The Kier molecular flexibility index (Phi) is 4.91. The maximum absolute atomic E-state index is 12.8. The van der Waals surface area contributed by atoms with Gasteiger partial charge in [-0.1, -0.05) is 18.2 Å². The summed E-state index contributed by atoms with van der Waals surface area (Å²) in [6.07, 6.45) is 5.00. The average Bonchev–Trinajstić information content (AvgIpc) is 3.18. The average molecular weight is 385 g/mol. The van der Waals surface area contributed by atoms with E-state index in [1.54, 1.807) is 0 Å². The molecule has 0 saturated heterocycles. The first-order valence-corrected chi connectivity index (χ1v) is 10.3. The molecule has 1 unspecified atom stereocenters. The minimum Gasteiger partial charge on any atom is -0.465 e. The van der Waals surface area contributed by atoms with Crippen LogP contribution in [0.4, 0.5) is 10.7 Å². The molecule has 0 fully saturated rings. The molecule has 5 nitrogen and oxygen atoms in total. The van der Waals surface area contributed by atoms with Crippen molar-refractivity contribution < 1.29 is 14.3 Å².